The van der Waals surface area contributed by atoms with E-state index < -0.39 is 15.6 Å². The fourth-order valence-electron chi connectivity index (χ4n) is 1.90. The standard InChI is InChI=1S/C14H23N3O3S/c1-4-6-11-7-9-12(10-8-11)21(19,20)17-14(3,5-2)13(15)16-18/h7-10,17-18H,4-6H2,1-3H3,(H2,15,16). The molecular formula is C14H23N3O3S. The van der Waals surface area contributed by atoms with Crippen molar-refractivity contribution in [3.8, 4) is 0 Å². The highest BCUT2D eigenvalue weighted by atomic mass is 32.2. The molecule has 21 heavy (non-hydrogen) atoms. The van der Waals surface area contributed by atoms with Gasteiger partial charge in [-0.15, -0.1) is 0 Å². The van der Waals surface area contributed by atoms with Gasteiger partial charge in [0.1, 0.15) is 0 Å². The number of nitrogens with one attached hydrogen (secondary N) is 1. The van der Waals surface area contributed by atoms with Gasteiger partial charge in [-0.25, -0.2) is 8.42 Å². The van der Waals surface area contributed by atoms with E-state index in [0.717, 1.165) is 18.4 Å². The number of hydrogen-bond donors (Lipinski definition) is 3. The molecule has 6 nitrogen and oxygen atoms in total. The summed E-state index contributed by atoms with van der Waals surface area (Å²) < 4.78 is 27.3. The summed E-state index contributed by atoms with van der Waals surface area (Å²) in [5.74, 6) is -0.170. The van der Waals surface area contributed by atoms with Crippen LogP contribution in [0.4, 0.5) is 0 Å². The summed E-state index contributed by atoms with van der Waals surface area (Å²) in [6, 6.07) is 6.72. The summed E-state index contributed by atoms with van der Waals surface area (Å²) >= 11 is 0. The first-order chi connectivity index (χ1) is 9.79. The maximum atomic E-state index is 12.4. The minimum atomic E-state index is -3.74. The molecule has 1 aromatic rings. The Balaban J connectivity index is 3.05. The second-order valence-corrected chi connectivity index (χ2v) is 6.85. The first-order valence-electron chi connectivity index (χ1n) is 6.90. The second-order valence-electron chi connectivity index (χ2n) is 5.17. The molecule has 0 aliphatic heterocycles. The van der Waals surface area contributed by atoms with Crippen molar-refractivity contribution in [2.45, 2.75) is 50.5 Å². The van der Waals surface area contributed by atoms with Crippen LogP contribution in [0.25, 0.3) is 0 Å². The number of nitrogens with zero attached hydrogens (tertiary/aromatic N) is 1. The predicted molar refractivity (Wildman–Crippen MR) is 82.9 cm³/mol. The summed E-state index contributed by atoms with van der Waals surface area (Å²) in [7, 11) is -3.74. The predicted octanol–water partition coefficient (Wildman–Crippen LogP) is 1.83. The van der Waals surface area contributed by atoms with E-state index in [1.165, 1.54) is 0 Å². The zero-order chi connectivity index (χ0) is 16.1. The highest BCUT2D eigenvalue weighted by molar-refractivity contribution is 7.89. The Morgan fingerprint density at radius 3 is 2.33 bits per heavy atom. The van der Waals surface area contributed by atoms with Crippen LogP contribution in [0.2, 0.25) is 0 Å². The quantitative estimate of drug-likeness (QED) is 0.309. The van der Waals surface area contributed by atoms with Crippen molar-refractivity contribution in [3.05, 3.63) is 29.8 Å². The zero-order valence-electron chi connectivity index (χ0n) is 12.6. The number of nitrogens with two attached hydrogens (primary N) is 1. The van der Waals surface area contributed by atoms with Gasteiger partial charge in [-0.2, -0.15) is 4.72 Å². The molecule has 0 aliphatic carbocycles. The Labute approximate surface area is 126 Å². The third kappa shape index (κ3) is 4.18. The second kappa shape index (κ2) is 6.91. The van der Waals surface area contributed by atoms with Gasteiger partial charge in [0.15, 0.2) is 5.84 Å². The van der Waals surface area contributed by atoms with Gasteiger partial charge in [0.05, 0.1) is 10.4 Å². The van der Waals surface area contributed by atoms with E-state index in [-0.39, 0.29) is 10.7 Å². The lowest BCUT2D eigenvalue weighted by Crippen LogP contribution is -2.54. The minimum absolute atomic E-state index is 0.160. The fourth-order valence-corrected chi connectivity index (χ4v) is 3.35. The van der Waals surface area contributed by atoms with Gasteiger partial charge >= 0.3 is 0 Å². The highest BCUT2D eigenvalue weighted by Crippen LogP contribution is 2.17. The number of hydrogen-bond acceptors (Lipinski definition) is 4. The van der Waals surface area contributed by atoms with E-state index in [9.17, 15) is 8.42 Å². The summed E-state index contributed by atoms with van der Waals surface area (Å²) in [6.07, 6.45) is 2.27. The molecule has 0 aromatic heterocycles. The SMILES string of the molecule is CCCc1ccc(S(=O)(=O)NC(C)(CC)/C(N)=N/O)cc1. The lowest BCUT2D eigenvalue weighted by molar-refractivity contribution is 0.310. The van der Waals surface area contributed by atoms with Crippen LogP contribution in [0, 0.1) is 0 Å². The fraction of sp³-hybridized carbons (Fsp3) is 0.500. The number of aryl methyl sites for hydroxylation is 1. The third-order valence-electron chi connectivity index (χ3n) is 3.51. The molecule has 0 heterocycles. The maximum absolute atomic E-state index is 12.4. The van der Waals surface area contributed by atoms with Crippen LogP contribution in [0.3, 0.4) is 0 Å². The van der Waals surface area contributed by atoms with Crippen LogP contribution < -0.4 is 10.5 Å². The molecule has 7 heteroatoms. The number of amidine groups is 1. The van der Waals surface area contributed by atoms with Crippen molar-refractivity contribution in [1.29, 1.82) is 0 Å². The van der Waals surface area contributed by atoms with Gasteiger partial charge in [-0.05, 0) is 37.5 Å². The van der Waals surface area contributed by atoms with Crippen LogP contribution >= 0.6 is 0 Å². The highest BCUT2D eigenvalue weighted by Gasteiger charge is 2.33. The monoisotopic (exact) mass is 313 g/mol. The lowest BCUT2D eigenvalue weighted by Gasteiger charge is -2.27. The average Bonchev–Trinajstić information content (AvgIpc) is 2.46. The lowest BCUT2D eigenvalue weighted by atomic mass is 10.00. The van der Waals surface area contributed by atoms with Crippen molar-refractivity contribution in [3.63, 3.8) is 0 Å². The number of rotatable bonds is 7. The molecular weight excluding hydrogens is 290 g/mol. The molecule has 0 amide bonds. The molecule has 1 unspecified atom stereocenters. The Hall–Kier alpha value is -1.60. The van der Waals surface area contributed by atoms with E-state index in [1.54, 1.807) is 38.1 Å². The molecule has 1 aromatic carbocycles. The Kier molecular flexibility index (Phi) is 5.74. The van der Waals surface area contributed by atoms with Gasteiger partial charge in [-0.3, -0.25) is 0 Å². The van der Waals surface area contributed by atoms with Crippen molar-refractivity contribution in [2.75, 3.05) is 0 Å². The molecule has 118 valence electrons. The smallest absolute Gasteiger partial charge is 0.241 e. The van der Waals surface area contributed by atoms with Crippen molar-refractivity contribution < 1.29 is 13.6 Å². The normalized spacial score (nSPS) is 15.7. The van der Waals surface area contributed by atoms with E-state index >= 15 is 0 Å². The van der Waals surface area contributed by atoms with E-state index in [1.807, 2.05) is 0 Å². The van der Waals surface area contributed by atoms with Crippen LogP contribution in [0.15, 0.2) is 34.3 Å². The molecule has 4 N–H and O–H groups in total. The van der Waals surface area contributed by atoms with Gasteiger partial charge in [-0.1, -0.05) is 37.6 Å². The van der Waals surface area contributed by atoms with Crippen molar-refractivity contribution in [2.24, 2.45) is 10.9 Å². The molecule has 1 atom stereocenters. The van der Waals surface area contributed by atoms with Crippen LogP contribution in [-0.4, -0.2) is 25.0 Å². The zero-order valence-corrected chi connectivity index (χ0v) is 13.4. The largest absolute Gasteiger partial charge is 0.409 e. The summed E-state index contributed by atoms with van der Waals surface area (Å²) in [4.78, 5) is 0.160. The van der Waals surface area contributed by atoms with Gasteiger partial charge in [0.2, 0.25) is 10.0 Å². The number of benzene rings is 1. The average molecular weight is 313 g/mol. The van der Waals surface area contributed by atoms with Crippen LogP contribution in [0.5, 0.6) is 0 Å². The topological polar surface area (TPSA) is 105 Å². The summed E-state index contributed by atoms with van der Waals surface area (Å²) in [5.41, 5.74) is 5.54. The van der Waals surface area contributed by atoms with E-state index in [4.69, 9.17) is 10.9 Å². The van der Waals surface area contributed by atoms with Crippen molar-refractivity contribution >= 4 is 15.9 Å². The first kappa shape index (κ1) is 17.5. The maximum Gasteiger partial charge on any atom is 0.241 e. The number of oxime groups is 1. The molecule has 0 saturated heterocycles. The Bertz CT molecular complexity index is 596. The van der Waals surface area contributed by atoms with Crippen molar-refractivity contribution in [1.82, 2.24) is 4.72 Å². The third-order valence-corrected chi connectivity index (χ3v) is 5.12. The Morgan fingerprint density at radius 1 is 1.33 bits per heavy atom. The molecule has 0 aliphatic rings. The number of sulfonamides is 1. The van der Waals surface area contributed by atoms with E-state index in [0.29, 0.717) is 6.42 Å². The van der Waals surface area contributed by atoms with Gasteiger partial charge < -0.3 is 10.9 Å². The first-order valence-corrected chi connectivity index (χ1v) is 8.38. The summed E-state index contributed by atoms with van der Waals surface area (Å²) in [5, 5.41) is 11.7. The molecule has 0 radical (unpaired) electrons. The molecule has 1 rings (SSSR count). The van der Waals surface area contributed by atoms with Gasteiger partial charge in [0.25, 0.3) is 0 Å². The van der Waals surface area contributed by atoms with Crippen LogP contribution in [0.1, 0.15) is 39.2 Å². The molecule has 0 bridgehead atoms. The van der Waals surface area contributed by atoms with Crippen LogP contribution in [-0.2, 0) is 16.4 Å². The summed E-state index contributed by atoms with van der Waals surface area (Å²) in [6.45, 7) is 5.39. The molecule has 0 saturated carbocycles. The minimum Gasteiger partial charge on any atom is -0.409 e. The van der Waals surface area contributed by atoms with Gasteiger partial charge in [0, 0.05) is 0 Å². The molecule has 0 fully saturated rings. The van der Waals surface area contributed by atoms with E-state index in [2.05, 4.69) is 16.8 Å². The Morgan fingerprint density at radius 2 is 1.90 bits per heavy atom. The molecule has 0 spiro atoms.